The maximum atomic E-state index is 12.4. The molecule has 1 aromatic heterocycles. The minimum atomic E-state index is 0.0241. The van der Waals surface area contributed by atoms with Gasteiger partial charge in [0.05, 0.1) is 16.8 Å². The van der Waals surface area contributed by atoms with Crippen molar-refractivity contribution in [3.63, 3.8) is 0 Å². The first kappa shape index (κ1) is 15.2. The predicted molar refractivity (Wildman–Crippen MR) is 89.3 cm³/mol. The number of fused-ring (bicyclic) bond motifs is 1. The largest absolute Gasteiger partial charge is 0.494 e. The lowest BCUT2D eigenvalue weighted by Crippen LogP contribution is -2.29. The number of hydrogen-bond acceptors (Lipinski definition) is 5. The van der Waals surface area contributed by atoms with Gasteiger partial charge in [0, 0.05) is 5.92 Å². The first-order valence-electron chi connectivity index (χ1n) is 7.75. The number of hydrogen-bond donors (Lipinski definition) is 2. The highest BCUT2D eigenvalue weighted by Gasteiger charge is 2.32. The Bertz CT molecular complexity index is 670. The summed E-state index contributed by atoms with van der Waals surface area (Å²) >= 11 is 1.48. The van der Waals surface area contributed by atoms with Crippen LogP contribution in [0.25, 0.3) is 10.2 Å². The van der Waals surface area contributed by atoms with Crippen LogP contribution in [0.2, 0.25) is 0 Å². The number of nitrogens with one attached hydrogen (secondary N) is 1. The van der Waals surface area contributed by atoms with Crippen LogP contribution in [0.15, 0.2) is 18.2 Å². The van der Waals surface area contributed by atoms with E-state index in [4.69, 9.17) is 10.5 Å². The average Bonchev–Trinajstić information content (AvgIpc) is 3.12. The van der Waals surface area contributed by atoms with Crippen LogP contribution in [-0.4, -0.2) is 24.0 Å². The van der Waals surface area contributed by atoms with Crippen LogP contribution in [0.3, 0.4) is 0 Å². The molecule has 2 atom stereocenters. The number of carbonyl (C=O) groups is 1. The normalized spacial score (nSPS) is 21.2. The molecule has 0 saturated heterocycles. The van der Waals surface area contributed by atoms with E-state index < -0.39 is 0 Å². The summed E-state index contributed by atoms with van der Waals surface area (Å²) in [6.07, 6.45) is 3.05. The topological polar surface area (TPSA) is 77.2 Å². The van der Waals surface area contributed by atoms with Gasteiger partial charge in [-0.25, -0.2) is 4.98 Å². The van der Waals surface area contributed by atoms with Gasteiger partial charge in [-0.15, -0.1) is 0 Å². The number of ether oxygens (including phenoxy) is 1. The first-order valence-corrected chi connectivity index (χ1v) is 8.57. The summed E-state index contributed by atoms with van der Waals surface area (Å²) in [4.78, 5) is 16.9. The van der Waals surface area contributed by atoms with Crippen molar-refractivity contribution in [1.82, 2.24) is 4.98 Å². The Morgan fingerprint density at radius 3 is 3.14 bits per heavy atom. The van der Waals surface area contributed by atoms with Crippen LogP contribution in [0.1, 0.15) is 26.2 Å². The Kier molecular flexibility index (Phi) is 4.59. The lowest BCUT2D eigenvalue weighted by Gasteiger charge is -2.16. The number of thiazole rings is 1. The van der Waals surface area contributed by atoms with E-state index >= 15 is 0 Å². The second-order valence-electron chi connectivity index (χ2n) is 5.60. The van der Waals surface area contributed by atoms with Gasteiger partial charge in [0.25, 0.3) is 0 Å². The molecule has 0 unspecified atom stereocenters. The van der Waals surface area contributed by atoms with E-state index in [2.05, 4.69) is 10.3 Å². The molecule has 1 heterocycles. The molecular weight excluding hydrogens is 298 g/mol. The van der Waals surface area contributed by atoms with E-state index in [1.165, 1.54) is 11.3 Å². The molecule has 0 spiro atoms. The molecule has 2 aromatic rings. The highest BCUT2D eigenvalue weighted by Crippen LogP contribution is 2.33. The smallest absolute Gasteiger partial charge is 0.229 e. The van der Waals surface area contributed by atoms with Crippen LogP contribution in [0.5, 0.6) is 5.75 Å². The number of nitrogens with zero attached hydrogens (tertiary/aromatic N) is 1. The Labute approximate surface area is 133 Å². The van der Waals surface area contributed by atoms with Gasteiger partial charge in [-0.3, -0.25) is 4.79 Å². The standard InChI is InChI=1S/C16H21N3O2S/c1-2-21-11-6-7-13-14(8-11)22-16(18-13)19-15(20)12-5-3-4-10(12)9-17/h6-8,10,12H,2-5,9,17H2,1H3,(H,18,19,20)/t10-,12-/m1/s1. The van der Waals surface area contributed by atoms with Crippen LogP contribution < -0.4 is 15.8 Å². The SMILES string of the molecule is CCOc1ccc2nc(NC(=O)[C@@H]3CCC[C@@H]3CN)sc2c1. The molecule has 1 aromatic carbocycles. The van der Waals surface area contributed by atoms with Crippen molar-refractivity contribution >= 4 is 32.6 Å². The van der Waals surface area contributed by atoms with Crippen molar-refractivity contribution in [3.8, 4) is 5.75 Å². The van der Waals surface area contributed by atoms with Crippen LogP contribution >= 0.6 is 11.3 Å². The summed E-state index contributed by atoms with van der Waals surface area (Å²) in [6, 6.07) is 5.79. The van der Waals surface area contributed by atoms with Crippen molar-refractivity contribution < 1.29 is 9.53 Å². The molecular formula is C16H21N3O2S. The second kappa shape index (κ2) is 6.62. The summed E-state index contributed by atoms with van der Waals surface area (Å²) in [5.41, 5.74) is 6.64. The Morgan fingerprint density at radius 1 is 1.50 bits per heavy atom. The summed E-state index contributed by atoms with van der Waals surface area (Å²) in [5.74, 6) is 1.21. The quantitative estimate of drug-likeness (QED) is 0.888. The lowest BCUT2D eigenvalue weighted by molar-refractivity contribution is -0.120. The summed E-state index contributed by atoms with van der Waals surface area (Å²) in [5, 5.41) is 3.61. The average molecular weight is 319 g/mol. The number of nitrogens with two attached hydrogens (primary N) is 1. The molecule has 3 N–H and O–H groups in total. The highest BCUT2D eigenvalue weighted by atomic mass is 32.1. The van der Waals surface area contributed by atoms with E-state index in [1.807, 2.05) is 25.1 Å². The first-order chi connectivity index (χ1) is 10.7. The third-order valence-corrected chi connectivity index (χ3v) is 5.13. The fraction of sp³-hybridized carbons (Fsp3) is 0.500. The maximum absolute atomic E-state index is 12.4. The van der Waals surface area contributed by atoms with Gasteiger partial charge in [-0.1, -0.05) is 17.8 Å². The van der Waals surface area contributed by atoms with Crippen molar-refractivity contribution in [3.05, 3.63) is 18.2 Å². The number of benzene rings is 1. The van der Waals surface area contributed by atoms with E-state index in [9.17, 15) is 4.79 Å². The van der Waals surface area contributed by atoms with Crippen LogP contribution in [0.4, 0.5) is 5.13 Å². The van der Waals surface area contributed by atoms with Gasteiger partial charge >= 0.3 is 0 Å². The minimum absolute atomic E-state index is 0.0241. The number of rotatable bonds is 5. The number of aromatic nitrogens is 1. The fourth-order valence-electron chi connectivity index (χ4n) is 3.08. The van der Waals surface area contributed by atoms with Gasteiger partial charge in [0.1, 0.15) is 5.75 Å². The predicted octanol–water partition coefficient (Wildman–Crippen LogP) is 3.01. The lowest BCUT2D eigenvalue weighted by atomic mass is 9.95. The number of amides is 1. The van der Waals surface area contributed by atoms with E-state index in [0.29, 0.717) is 24.2 Å². The third kappa shape index (κ3) is 3.08. The van der Waals surface area contributed by atoms with Crippen molar-refractivity contribution in [2.24, 2.45) is 17.6 Å². The fourth-order valence-corrected chi connectivity index (χ4v) is 3.97. The van der Waals surface area contributed by atoms with E-state index in [1.54, 1.807) is 0 Å². The summed E-state index contributed by atoms with van der Waals surface area (Å²) in [7, 11) is 0. The summed E-state index contributed by atoms with van der Waals surface area (Å²) < 4.78 is 6.51. The summed E-state index contributed by atoms with van der Waals surface area (Å²) in [6.45, 7) is 3.17. The Hall–Kier alpha value is -1.66. The molecule has 1 fully saturated rings. The molecule has 5 nitrogen and oxygen atoms in total. The molecule has 0 radical (unpaired) electrons. The maximum Gasteiger partial charge on any atom is 0.229 e. The molecule has 1 aliphatic rings. The van der Waals surface area contributed by atoms with Gasteiger partial charge in [0.2, 0.25) is 5.91 Å². The molecule has 22 heavy (non-hydrogen) atoms. The Balaban J connectivity index is 1.74. The van der Waals surface area contributed by atoms with Crippen LogP contribution in [-0.2, 0) is 4.79 Å². The third-order valence-electron chi connectivity index (χ3n) is 4.20. The molecule has 0 aliphatic heterocycles. The van der Waals surface area contributed by atoms with Crippen molar-refractivity contribution in [1.29, 1.82) is 0 Å². The number of carbonyl (C=O) groups excluding carboxylic acids is 1. The molecule has 1 amide bonds. The van der Waals surface area contributed by atoms with Crippen molar-refractivity contribution in [2.75, 3.05) is 18.5 Å². The molecule has 1 aliphatic carbocycles. The van der Waals surface area contributed by atoms with Gasteiger partial charge in [-0.05, 0) is 50.4 Å². The zero-order chi connectivity index (χ0) is 15.5. The highest BCUT2D eigenvalue weighted by molar-refractivity contribution is 7.22. The zero-order valence-corrected chi connectivity index (χ0v) is 13.5. The minimum Gasteiger partial charge on any atom is -0.494 e. The molecule has 3 rings (SSSR count). The van der Waals surface area contributed by atoms with Crippen molar-refractivity contribution in [2.45, 2.75) is 26.2 Å². The van der Waals surface area contributed by atoms with Gasteiger partial charge < -0.3 is 15.8 Å². The van der Waals surface area contributed by atoms with E-state index in [-0.39, 0.29) is 11.8 Å². The van der Waals surface area contributed by atoms with Gasteiger partial charge in [0.15, 0.2) is 5.13 Å². The Morgan fingerprint density at radius 2 is 2.36 bits per heavy atom. The van der Waals surface area contributed by atoms with Gasteiger partial charge in [-0.2, -0.15) is 0 Å². The molecule has 0 bridgehead atoms. The zero-order valence-electron chi connectivity index (χ0n) is 12.7. The van der Waals surface area contributed by atoms with E-state index in [0.717, 1.165) is 35.2 Å². The van der Waals surface area contributed by atoms with Crippen LogP contribution in [0, 0.1) is 11.8 Å². The monoisotopic (exact) mass is 319 g/mol. The second-order valence-corrected chi connectivity index (χ2v) is 6.63. The molecule has 6 heteroatoms. The number of anilines is 1. The molecule has 118 valence electrons. The molecule has 1 saturated carbocycles.